The van der Waals surface area contributed by atoms with Crippen molar-refractivity contribution in [3.05, 3.63) is 38.9 Å². The molecule has 0 saturated heterocycles. The van der Waals surface area contributed by atoms with Crippen molar-refractivity contribution in [2.45, 2.75) is 18.2 Å². The van der Waals surface area contributed by atoms with Gasteiger partial charge in [-0.05, 0) is 12.0 Å². The van der Waals surface area contributed by atoms with Gasteiger partial charge in [0, 0.05) is 17.0 Å². The highest BCUT2D eigenvalue weighted by Gasteiger charge is 2.10. The van der Waals surface area contributed by atoms with Crippen molar-refractivity contribution in [1.29, 1.82) is 0 Å². The summed E-state index contributed by atoms with van der Waals surface area (Å²) < 4.78 is 0. The van der Waals surface area contributed by atoms with E-state index < -0.39 is 4.92 Å². The first kappa shape index (κ1) is 11.5. The van der Waals surface area contributed by atoms with Crippen LogP contribution in [0.15, 0.2) is 18.2 Å². The van der Waals surface area contributed by atoms with Gasteiger partial charge in [0.05, 0.1) is 9.95 Å². The number of hydrogen-bond acceptors (Lipinski definition) is 2. The van der Waals surface area contributed by atoms with Crippen LogP contribution in [0.4, 0.5) is 5.69 Å². The molecule has 0 amide bonds. The molecule has 0 spiro atoms. The molecule has 1 unspecified atom stereocenters. The molecule has 1 atom stereocenters. The Kier molecular flexibility index (Phi) is 3.89. The fraction of sp³-hybridized carbons (Fsp3) is 0.333. The second-order valence-corrected chi connectivity index (χ2v) is 4.99. The molecule has 0 saturated carbocycles. The number of nitro groups is 1. The number of halogens is 2. The van der Waals surface area contributed by atoms with Gasteiger partial charge in [-0.3, -0.25) is 10.1 Å². The maximum absolute atomic E-state index is 10.4. The summed E-state index contributed by atoms with van der Waals surface area (Å²) >= 11 is 9.29. The Balaban J connectivity index is 2.95. The van der Waals surface area contributed by atoms with Crippen LogP contribution < -0.4 is 0 Å². The highest BCUT2D eigenvalue weighted by Crippen LogP contribution is 2.24. The second-order valence-electron chi connectivity index (χ2n) is 3.02. The Morgan fingerprint density at radius 2 is 2.29 bits per heavy atom. The van der Waals surface area contributed by atoms with Gasteiger partial charge < -0.3 is 0 Å². The number of hydrogen-bond donors (Lipinski definition) is 0. The Morgan fingerprint density at radius 1 is 1.64 bits per heavy atom. The van der Waals surface area contributed by atoms with Crippen molar-refractivity contribution in [2.75, 3.05) is 0 Å². The van der Waals surface area contributed by atoms with E-state index in [1.54, 1.807) is 6.07 Å². The Labute approximate surface area is 95.4 Å². The third-order valence-electron chi connectivity index (χ3n) is 1.75. The highest BCUT2D eigenvalue weighted by atomic mass is 79.9. The van der Waals surface area contributed by atoms with E-state index in [-0.39, 0.29) is 5.69 Å². The summed E-state index contributed by atoms with van der Waals surface area (Å²) in [6, 6.07) is 4.54. The van der Waals surface area contributed by atoms with Crippen molar-refractivity contribution in [2.24, 2.45) is 0 Å². The van der Waals surface area contributed by atoms with Crippen LogP contribution in [-0.2, 0) is 6.42 Å². The standard InChI is InChI=1S/C9H9BrClNO2/c1-6(10)4-7-2-3-8(12(13)14)5-9(7)11/h2-3,5-6H,4H2,1H3. The SMILES string of the molecule is CC(Br)Cc1ccc([N+](=O)[O-])cc1Cl. The molecule has 0 N–H and O–H groups in total. The molecule has 0 bridgehead atoms. The number of alkyl halides is 1. The summed E-state index contributed by atoms with van der Waals surface area (Å²) in [5.74, 6) is 0. The quantitative estimate of drug-likeness (QED) is 0.482. The smallest absolute Gasteiger partial charge is 0.258 e. The molecule has 76 valence electrons. The van der Waals surface area contributed by atoms with Crippen LogP contribution in [0.3, 0.4) is 0 Å². The Morgan fingerprint density at radius 3 is 2.71 bits per heavy atom. The Hall–Kier alpha value is -0.610. The van der Waals surface area contributed by atoms with Crippen molar-refractivity contribution >= 4 is 33.2 Å². The first-order valence-corrected chi connectivity index (χ1v) is 5.37. The molecule has 1 aromatic carbocycles. The van der Waals surface area contributed by atoms with Crippen LogP contribution in [0.1, 0.15) is 12.5 Å². The average molecular weight is 279 g/mol. The van der Waals surface area contributed by atoms with Crippen LogP contribution in [0.2, 0.25) is 5.02 Å². The summed E-state index contributed by atoms with van der Waals surface area (Å²) in [7, 11) is 0. The van der Waals surface area contributed by atoms with Crippen LogP contribution >= 0.6 is 27.5 Å². The summed E-state index contributed by atoms with van der Waals surface area (Å²) in [6.45, 7) is 2.00. The summed E-state index contributed by atoms with van der Waals surface area (Å²) in [4.78, 5) is 10.3. The molecule has 1 aromatic rings. The minimum atomic E-state index is -0.451. The van der Waals surface area contributed by atoms with E-state index in [1.165, 1.54) is 12.1 Å². The van der Waals surface area contributed by atoms with Gasteiger partial charge in [-0.15, -0.1) is 0 Å². The molecule has 1 rings (SSSR count). The van der Waals surface area contributed by atoms with E-state index in [2.05, 4.69) is 15.9 Å². The lowest BCUT2D eigenvalue weighted by molar-refractivity contribution is -0.384. The van der Waals surface area contributed by atoms with Crippen LogP contribution in [-0.4, -0.2) is 9.75 Å². The lowest BCUT2D eigenvalue weighted by Gasteiger charge is -2.05. The van der Waals surface area contributed by atoms with Gasteiger partial charge in [0.2, 0.25) is 0 Å². The predicted molar refractivity (Wildman–Crippen MR) is 60.2 cm³/mol. The van der Waals surface area contributed by atoms with E-state index in [0.29, 0.717) is 9.85 Å². The number of non-ortho nitro benzene ring substituents is 1. The van der Waals surface area contributed by atoms with Gasteiger partial charge in [-0.1, -0.05) is 40.5 Å². The molecule has 5 heteroatoms. The van der Waals surface area contributed by atoms with Gasteiger partial charge in [0.15, 0.2) is 0 Å². The minimum absolute atomic E-state index is 0.0287. The molecule has 0 aliphatic rings. The van der Waals surface area contributed by atoms with Gasteiger partial charge >= 0.3 is 0 Å². The molecule has 0 heterocycles. The molecule has 14 heavy (non-hydrogen) atoms. The molecule has 3 nitrogen and oxygen atoms in total. The predicted octanol–water partition coefficient (Wildman–Crippen LogP) is 3.57. The highest BCUT2D eigenvalue weighted by molar-refractivity contribution is 9.09. The fourth-order valence-electron chi connectivity index (χ4n) is 1.12. The van der Waals surface area contributed by atoms with Crippen molar-refractivity contribution in [1.82, 2.24) is 0 Å². The lowest BCUT2D eigenvalue weighted by atomic mass is 10.1. The Bertz CT molecular complexity index is 355. The normalized spacial score (nSPS) is 12.5. The molecule has 0 aliphatic carbocycles. The first-order valence-electron chi connectivity index (χ1n) is 4.07. The van der Waals surface area contributed by atoms with Crippen LogP contribution in [0.25, 0.3) is 0 Å². The average Bonchev–Trinajstić information content (AvgIpc) is 2.07. The molecule has 0 aromatic heterocycles. The molecule has 0 radical (unpaired) electrons. The van der Waals surface area contributed by atoms with Gasteiger partial charge in [-0.25, -0.2) is 0 Å². The fourth-order valence-corrected chi connectivity index (χ4v) is 1.72. The zero-order chi connectivity index (χ0) is 10.7. The van der Waals surface area contributed by atoms with E-state index >= 15 is 0 Å². The van der Waals surface area contributed by atoms with Crippen molar-refractivity contribution in [3.8, 4) is 0 Å². The minimum Gasteiger partial charge on any atom is -0.258 e. The third-order valence-corrected chi connectivity index (χ3v) is 2.42. The zero-order valence-electron chi connectivity index (χ0n) is 7.54. The topological polar surface area (TPSA) is 43.1 Å². The van der Waals surface area contributed by atoms with Gasteiger partial charge in [0.1, 0.15) is 0 Å². The van der Waals surface area contributed by atoms with E-state index in [4.69, 9.17) is 11.6 Å². The molecular weight excluding hydrogens is 269 g/mol. The maximum Gasteiger partial charge on any atom is 0.270 e. The largest absolute Gasteiger partial charge is 0.270 e. The summed E-state index contributed by atoms with van der Waals surface area (Å²) in [6.07, 6.45) is 0.761. The van der Waals surface area contributed by atoms with Gasteiger partial charge in [0.25, 0.3) is 5.69 Å². The van der Waals surface area contributed by atoms with E-state index in [1.807, 2.05) is 6.92 Å². The van der Waals surface area contributed by atoms with Crippen LogP contribution in [0, 0.1) is 10.1 Å². The van der Waals surface area contributed by atoms with Crippen molar-refractivity contribution < 1.29 is 4.92 Å². The number of benzene rings is 1. The molecule has 0 aliphatic heterocycles. The van der Waals surface area contributed by atoms with E-state index in [0.717, 1.165) is 12.0 Å². The number of nitrogens with zero attached hydrogens (tertiary/aromatic N) is 1. The maximum atomic E-state index is 10.4. The van der Waals surface area contributed by atoms with Gasteiger partial charge in [-0.2, -0.15) is 0 Å². The van der Waals surface area contributed by atoms with Crippen molar-refractivity contribution in [3.63, 3.8) is 0 Å². The third kappa shape index (κ3) is 2.96. The zero-order valence-corrected chi connectivity index (χ0v) is 9.88. The lowest BCUT2D eigenvalue weighted by Crippen LogP contribution is -1.98. The second kappa shape index (κ2) is 4.75. The first-order chi connectivity index (χ1) is 6.50. The monoisotopic (exact) mass is 277 g/mol. The molecular formula is C9H9BrClNO2. The van der Waals surface area contributed by atoms with Crippen LogP contribution in [0.5, 0.6) is 0 Å². The molecule has 0 fully saturated rings. The summed E-state index contributed by atoms with van der Waals surface area (Å²) in [5.41, 5.74) is 0.947. The van der Waals surface area contributed by atoms with E-state index in [9.17, 15) is 10.1 Å². The number of rotatable bonds is 3. The summed E-state index contributed by atoms with van der Waals surface area (Å²) in [5, 5.41) is 10.9. The number of nitro benzene ring substituents is 1.